The van der Waals surface area contributed by atoms with Gasteiger partial charge in [0.2, 0.25) is 5.91 Å². The minimum atomic E-state index is -0.0820. The van der Waals surface area contributed by atoms with Crippen molar-refractivity contribution in [1.29, 1.82) is 5.26 Å². The lowest BCUT2D eigenvalue weighted by molar-refractivity contribution is -0.121. The number of hydrogen-bond acceptors (Lipinski definition) is 6. The van der Waals surface area contributed by atoms with Crippen LogP contribution in [-0.4, -0.2) is 45.5 Å². The highest BCUT2D eigenvalue weighted by Gasteiger charge is 2.18. The van der Waals surface area contributed by atoms with E-state index in [2.05, 4.69) is 26.4 Å². The lowest BCUT2D eigenvalue weighted by Crippen LogP contribution is -2.26. The minimum Gasteiger partial charge on any atom is -0.395 e. The molecule has 136 valence electrons. The summed E-state index contributed by atoms with van der Waals surface area (Å²) in [6, 6.07) is 9.57. The molecule has 0 aliphatic carbocycles. The van der Waals surface area contributed by atoms with Gasteiger partial charge in [-0.2, -0.15) is 10.4 Å². The molecule has 8 heteroatoms. The molecule has 2 N–H and O–H groups in total. The van der Waals surface area contributed by atoms with Crippen LogP contribution in [0.2, 0.25) is 0 Å². The Bertz CT molecular complexity index is 810. The van der Waals surface area contributed by atoms with E-state index in [9.17, 15) is 4.79 Å². The van der Waals surface area contributed by atoms with Crippen molar-refractivity contribution in [1.82, 2.24) is 20.1 Å². The van der Waals surface area contributed by atoms with E-state index in [0.29, 0.717) is 25.1 Å². The Balaban J connectivity index is 1.67. The standard InChI is InChI=1S/C18H22N6O2/c19-12-15-3-1-4-17(21-15)23-8-2-9-24-16(13-23)11-14(22-24)5-6-18(26)20-7-10-25/h1,3-4,11,25H,2,5-10,13H2,(H,20,26). The summed E-state index contributed by atoms with van der Waals surface area (Å²) in [6.07, 6.45) is 1.86. The number of rotatable bonds is 6. The fourth-order valence-electron chi connectivity index (χ4n) is 3.03. The van der Waals surface area contributed by atoms with Crippen LogP contribution in [0.15, 0.2) is 24.3 Å². The van der Waals surface area contributed by atoms with Crippen LogP contribution >= 0.6 is 0 Å². The van der Waals surface area contributed by atoms with Crippen LogP contribution in [0.3, 0.4) is 0 Å². The first-order valence-electron chi connectivity index (χ1n) is 8.75. The van der Waals surface area contributed by atoms with Crippen LogP contribution in [-0.2, 0) is 24.3 Å². The van der Waals surface area contributed by atoms with Gasteiger partial charge >= 0.3 is 0 Å². The van der Waals surface area contributed by atoms with Crippen molar-refractivity contribution in [3.63, 3.8) is 0 Å². The summed E-state index contributed by atoms with van der Waals surface area (Å²) in [7, 11) is 0. The number of carbonyl (C=O) groups is 1. The van der Waals surface area contributed by atoms with Crippen LogP contribution in [0.1, 0.15) is 29.9 Å². The molecule has 0 saturated carbocycles. The van der Waals surface area contributed by atoms with E-state index < -0.39 is 0 Å². The van der Waals surface area contributed by atoms with Crippen LogP contribution in [0.5, 0.6) is 0 Å². The zero-order chi connectivity index (χ0) is 18.4. The van der Waals surface area contributed by atoms with Crippen LogP contribution in [0.25, 0.3) is 0 Å². The second-order valence-corrected chi connectivity index (χ2v) is 6.19. The molecule has 2 aromatic heterocycles. The van der Waals surface area contributed by atoms with E-state index in [1.807, 2.05) is 22.9 Å². The third kappa shape index (κ3) is 4.37. The van der Waals surface area contributed by atoms with Gasteiger partial charge in [0, 0.05) is 32.5 Å². The molecular formula is C18H22N6O2. The molecule has 0 fully saturated rings. The molecule has 0 unspecified atom stereocenters. The van der Waals surface area contributed by atoms with Gasteiger partial charge in [-0.15, -0.1) is 0 Å². The summed E-state index contributed by atoms with van der Waals surface area (Å²) in [5.74, 6) is 0.713. The van der Waals surface area contributed by atoms with Gasteiger partial charge in [0.25, 0.3) is 0 Å². The largest absolute Gasteiger partial charge is 0.395 e. The van der Waals surface area contributed by atoms with E-state index >= 15 is 0 Å². The molecule has 0 radical (unpaired) electrons. The first-order chi connectivity index (χ1) is 12.7. The van der Waals surface area contributed by atoms with Gasteiger partial charge in [0.1, 0.15) is 17.6 Å². The highest BCUT2D eigenvalue weighted by Crippen LogP contribution is 2.20. The molecule has 3 heterocycles. The number of fused-ring (bicyclic) bond motifs is 1. The van der Waals surface area contributed by atoms with Crippen molar-refractivity contribution < 1.29 is 9.90 Å². The SMILES string of the molecule is N#Cc1cccc(N2CCCn3nc(CCC(=O)NCCO)cc3C2)n1. The van der Waals surface area contributed by atoms with Crippen LogP contribution in [0.4, 0.5) is 5.82 Å². The molecule has 1 aliphatic heterocycles. The third-order valence-electron chi connectivity index (χ3n) is 4.28. The predicted octanol–water partition coefficient (Wildman–Crippen LogP) is 0.601. The Morgan fingerprint density at radius 3 is 3.08 bits per heavy atom. The van der Waals surface area contributed by atoms with Gasteiger partial charge in [-0.1, -0.05) is 6.07 Å². The third-order valence-corrected chi connectivity index (χ3v) is 4.28. The number of aliphatic hydroxyl groups is 1. The first kappa shape index (κ1) is 17.9. The average molecular weight is 354 g/mol. The smallest absolute Gasteiger partial charge is 0.220 e. The fourth-order valence-corrected chi connectivity index (χ4v) is 3.03. The Labute approximate surface area is 152 Å². The summed E-state index contributed by atoms with van der Waals surface area (Å²) < 4.78 is 2.00. The van der Waals surface area contributed by atoms with Gasteiger partial charge < -0.3 is 15.3 Å². The number of aliphatic hydroxyl groups excluding tert-OH is 1. The summed E-state index contributed by atoms with van der Waals surface area (Å²) in [5.41, 5.74) is 2.38. The maximum absolute atomic E-state index is 11.7. The number of aromatic nitrogens is 3. The summed E-state index contributed by atoms with van der Waals surface area (Å²) in [4.78, 5) is 18.2. The summed E-state index contributed by atoms with van der Waals surface area (Å²) >= 11 is 0. The molecule has 0 saturated heterocycles. The van der Waals surface area contributed by atoms with E-state index in [4.69, 9.17) is 10.4 Å². The molecule has 8 nitrogen and oxygen atoms in total. The van der Waals surface area contributed by atoms with Gasteiger partial charge in [-0.05, 0) is 24.6 Å². The van der Waals surface area contributed by atoms with E-state index in [-0.39, 0.29) is 19.1 Å². The number of aryl methyl sites for hydroxylation is 2. The zero-order valence-corrected chi connectivity index (χ0v) is 14.6. The molecule has 0 bridgehead atoms. The van der Waals surface area contributed by atoms with E-state index in [1.54, 1.807) is 6.07 Å². The first-order valence-corrected chi connectivity index (χ1v) is 8.75. The second kappa shape index (κ2) is 8.45. The van der Waals surface area contributed by atoms with Crippen molar-refractivity contribution in [2.75, 3.05) is 24.6 Å². The number of pyridine rings is 1. The predicted molar refractivity (Wildman–Crippen MR) is 95.3 cm³/mol. The summed E-state index contributed by atoms with van der Waals surface area (Å²) in [6.45, 7) is 2.57. The number of amides is 1. The molecule has 1 amide bonds. The average Bonchev–Trinajstić information content (AvgIpc) is 2.94. The molecule has 2 aromatic rings. The molecular weight excluding hydrogens is 332 g/mol. The van der Waals surface area contributed by atoms with Gasteiger partial charge in [0.05, 0.1) is 24.5 Å². The number of nitrogens with one attached hydrogen (secondary N) is 1. The lowest BCUT2D eigenvalue weighted by Gasteiger charge is -2.21. The van der Waals surface area contributed by atoms with Crippen molar-refractivity contribution in [2.45, 2.75) is 32.4 Å². The number of hydrogen-bond donors (Lipinski definition) is 2. The second-order valence-electron chi connectivity index (χ2n) is 6.19. The molecule has 1 aliphatic rings. The van der Waals surface area contributed by atoms with Crippen molar-refractivity contribution in [3.05, 3.63) is 41.3 Å². The van der Waals surface area contributed by atoms with Crippen molar-refractivity contribution in [3.8, 4) is 6.07 Å². The van der Waals surface area contributed by atoms with Gasteiger partial charge in [-0.3, -0.25) is 9.48 Å². The van der Waals surface area contributed by atoms with Crippen LogP contribution < -0.4 is 10.2 Å². The van der Waals surface area contributed by atoms with E-state index in [0.717, 1.165) is 36.7 Å². The Hall–Kier alpha value is -2.92. The van der Waals surface area contributed by atoms with Crippen LogP contribution in [0, 0.1) is 11.3 Å². The maximum atomic E-state index is 11.7. The minimum absolute atomic E-state index is 0.0542. The van der Waals surface area contributed by atoms with Crippen molar-refractivity contribution in [2.24, 2.45) is 0 Å². The zero-order valence-electron chi connectivity index (χ0n) is 14.6. The number of nitriles is 1. The molecule has 0 spiro atoms. The summed E-state index contributed by atoms with van der Waals surface area (Å²) in [5, 5.41) is 25.0. The lowest BCUT2D eigenvalue weighted by atomic mass is 10.2. The topological polar surface area (TPSA) is 107 Å². The molecule has 26 heavy (non-hydrogen) atoms. The monoisotopic (exact) mass is 354 g/mol. The molecule has 3 rings (SSSR count). The number of anilines is 1. The highest BCUT2D eigenvalue weighted by atomic mass is 16.3. The molecule has 0 aromatic carbocycles. The van der Waals surface area contributed by atoms with Gasteiger partial charge in [-0.25, -0.2) is 4.98 Å². The fraction of sp³-hybridized carbons (Fsp3) is 0.444. The maximum Gasteiger partial charge on any atom is 0.220 e. The molecule has 0 atom stereocenters. The van der Waals surface area contributed by atoms with Crippen molar-refractivity contribution >= 4 is 11.7 Å². The van der Waals surface area contributed by atoms with Gasteiger partial charge in [0.15, 0.2) is 0 Å². The highest BCUT2D eigenvalue weighted by molar-refractivity contribution is 5.76. The number of nitrogens with zero attached hydrogens (tertiary/aromatic N) is 5. The Morgan fingerprint density at radius 2 is 2.27 bits per heavy atom. The van der Waals surface area contributed by atoms with E-state index in [1.165, 1.54) is 0 Å². The Kier molecular flexibility index (Phi) is 5.81. The quantitative estimate of drug-likeness (QED) is 0.787. The Morgan fingerprint density at radius 1 is 1.38 bits per heavy atom. The number of carbonyl (C=O) groups excluding carboxylic acids is 1. The normalized spacial score (nSPS) is 13.6.